The molecule has 1 aliphatic heterocycles. The van der Waals surface area contributed by atoms with Crippen LogP contribution in [0.2, 0.25) is 0 Å². The van der Waals surface area contributed by atoms with E-state index in [1.807, 2.05) is 30.3 Å². The molecule has 2 aromatic carbocycles. The first-order chi connectivity index (χ1) is 9.29. The standard InChI is InChI=1S/C15H15NOS2/c16-7-8-18-13-5-6-15-12(10-13)9-11-3-1-2-4-14(11)19(15)17/h1-6,10H,7-9,16H2. The number of benzene rings is 2. The van der Waals surface area contributed by atoms with Gasteiger partial charge >= 0.3 is 0 Å². The zero-order valence-corrected chi connectivity index (χ0v) is 12.1. The van der Waals surface area contributed by atoms with Gasteiger partial charge in [0.15, 0.2) is 0 Å². The Morgan fingerprint density at radius 2 is 1.89 bits per heavy atom. The predicted molar refractivity (Wildman–Crippen MR) is 80.1 cm³/mol. The second-order valence-corrected chi connectivity index (χ2v) is 7.05. The highest BCUT2D eigenvalue weighted by atomic mass is 32.2. The van der Waals surface area contributed by atoms with Crippen LogP contribution in [0.1, 0.15) is 11.1 Å². The zero-order chi connectivity index (χ0) is 13.2. The first-order valence-electron chi connectivity index (χ1n) is 6.25. The molecule has 0 saturated carbocycles. The van der Waals surface area contributed by atoms with Crippen molar-refractivity contribution >= 4 is 22.6 Å². The summed E-state index contributed by atoms with van der Waals surface area (Å²) in [7, 11) is -1.04. The van der Waals surface area contributed by atoms with E-state index in [1.165, 1.54) is 16.0 Å². The molecule has 0 fully saturated rings. The lowest BCUT2D eigenvalue weighted by molar-refractivity contribution is 0.679. The molecule has 2 aromatic rings. The van der Waals surface area contributed by atoms with Crippen LogP contribution < -0.4 is 5.73 Å². The number of hydrogen-bond acceptors (Lipinski definition) is 3. The van der Waals surface area contributed by atoms with Crippen molar-refractivity contribution in [3.05, 3.63) is 53.6 Å². The molecule has 0 spiro atoms. The van der Waals surface area contributed by atoms with E-state index >= 15 is 0 Å². The monoisotopic (exact) mass is 289 g/mol. The molecule has 19 heavy (non-hydrogen) atoms. The Kier molecular flexibility index (Phi) is 3.73. The highest BCUT2D eigenvalue weighted by Gasteiger charge is 2.21. The van der Waals surface area contributed by atoms with E-state index in [0.29, 0.717) is 6.54 Å². The minimum absolute atomic E-state index is 0.677. The second-order valence-electron chi connectivity index (χ2n) is 4.46. The minimum atomic E-state index is -1.04. The topological polar surface area (TPSA) is 43.1 Å². The van der Waals surface area contributed by atoms with E-state index in [-0.39, 0.29) is 0 Å². The number of rotatable bonds is 3. The fourth-order valence-corrected chi connectivity index (χ4v) is 4.42. The molecule has 2 nitrogen and oxygen atoms in total. The van der Waals surface area contributed by atoms with Gasteiger partial charge in [-0.15, -0.1) is 11.8 Å². The summed E-state index contributed by atoms with van der Waals surface area (Å²) >= 11 is 1.75. The highest BCUT2D eigenvalue weighted by molar-refractivity contribution is 7.99. The normalized spacial score (nSPS) is 16.8. The average Bonchev–Trinajstić information content (AvgIpc) is 2.45. The van der Waals surface area contributed by atoms with Crippen molar-refractivity contribution < 1.29 is 4.21 Å². The molecule has 4 heteroatoms. The molecule has 0 amide bonds. The predicted octanol–water partition coefficient (Wildman–Crippen LogP) is 2.81. The van der Waals surface area contributed by atoms with Gasteiger partial charge in [0.1, 0.15) is 0 Å². The fraction of sp³-hybridized carbons (Fsp3) is 0.200. The third-order valence-corrected chi connectivity index (χ3v) is 5.79. The lowest BCUT2D eigenvalue weighted by Gasteiger charge is -2.19. The molecule has 98 valence electrons. The Labute approximate surface area is 119 Å². The van der Waals surface area contributed by atoms with Crippen LogP contribution >= 0.6 is 11.8 Å². The molecule has 0 saturated heterocycles. The lowest BCUT2D eigenvalue weighted by Crippen LogP contribution is -2.09. The summed E-state index contributed by atoms with van der Waals surface area (Å²) in [6.45, 7) is 0.677. The van der Waals surface area contributed by atoms with Crippen LogP contribution in [0.5, 0.6) is 0 Å². The van der Waals surface area contributed by atoms with Gasteiger partial charge in [-0.2, -0.15) is 0 Å². The van der Waals surface area contributed by atoms with Gasteiger partial charge in [0.05, 0.1) is 10.8 Å². The van der Waals surface area contributed by atoms with E-state index in [2.05, 4.69) is 12.1 Å². The van der Waals surface area contributed by atoms with Crippen molar-refractivity contribution in [1.82, 2.24) is 0 Å². The van der Waals surface area contributed by atoms with Gasteiger partial charge in [-0.05, 0) is 41.8 Å². The quantitative estimate of drug-likeness (QED) is 0.754. The first kappa shape index (κ1) is 12.9. The molecule has 2 N–H and O–H groups in total. The molecule has 0 radical (unpaired) electrons. The maximum atomic E-state index is 12.5. The smallest absolute Gasteiger partial charge is 0.0855 e. The van der Waals surface area contributed by atoms with Crippen LogP contribution in [0, 0.1) is 0 Å². The number of nitrogens with two attached hydrogens (primary N) is 1. The van der Waals surface area contributed by atoms with Gasteiger partial charge in [-0.3, -0.25) is 0 Å². The summed E-state index contributed by atoms with van der Waals surface area (Å²) in [6.07, 6.45) is 0.869. The Balaban J connectivity index is 1.98. The Morgan fingerprint density at radius 1 is 1.11 bits per heavy atom. The molecule has 1 unspecified atom stereocenters. The zero-order valence-electron chi connectivity index (χ0n) is 10.5. The molecular formula is C15H15NOS2. The third kappa shape index (κ3) is 2.48. The van der Waals surface area contributed by atoms with E-state index in [1.54, 1.807) is 11.8 Å². The molecule has 3 rings (SSSR count). The Hall–Kier alpha value is -1.10. The SMILES string of the molecule is NCCSc1ccc2c(c1)Cc1ccccc1S2=O. The summed E-state index contributed by atoms with van der Waals surface area (Å²) in [5.41, 5.74) is 7.88. The molecule has 1 atom stereocenters. The van der Waals surface area contributed by atoms with Crippen molar-refractivity contribution in [1.29, 1.82) is 0 Å². The van der Waals surface area contributed by atoms with Gasteiger partial charge in [-0.25, -0.2) is 4.21 Å². The minimum Gasteiger partial charge on any atom is -0.330 e. The van der Waals surface area contributed by atoms with Crippen molar-refractivity contribution in [2.75, 3.05) is 12.3 Å². The Morgan fingerprint density at radius 3 is 2.74 bits per heavy atom. The summed E-state index contributed by atoms with van der Waals surface area (Å²) < 4.78 is 12.5. The summed E-state index contributed by atoms with van der Waals surface area (Å²) in [5, 5.41) is 0. The van der Waals surface area contributed by atoms with Crippen molar-refractivity contribution in [2.24, 2.45) is 5.73 Å². The van der Waals surface area contributed by atoms with E-state index in [9.17, 15) is 4.21 Å². The van der Waals surface area contributed by atoms with Crippen LogP contribution in [-0.2, 0) is 17.2 Å². The number of thioether (sulfide) groups is 1. The van der Waals surface area contributed by atoms with Crippen LogP contribution in [-0.4, -0.2) is 16.5 Å². The first-order valence-corrected chi connectivity index (χ1v) is 8.38. The number of hydrogen-bond donors (Lipinski definition) is 1. The van der Waals surface area contributed by atoms with Crippen molar-refractivity contribution in [3.63, 3.8) is 0 Å². The molecule has 0 aromatic heterocycles. The van der Waals surface area contributed by atoms with Crippen LogP contribution in [0.25, 0.3) is 0 Å². The van der Waals surface area contributed by atoms with Gasteiger partial charge in [0.25, 0.3) is 0 Å². The summed E-state index contributed by atoms with van der Waals surface area (Å²) in [6, 6.07) is 14.2. The summed E-state index contributed by atoms with van der Waals surface area (Å²) in [4.78, 5) is 3.12. The van der Waals surface area contributed by atoms with Crippen LogP contribution in [0.4, 0.5) is 0 Å². The van der Waals surface area contributed by atoms with Gasteiger partial charge in [-0.1, -0.05) is 18.2 Å². The van der Waals surface area contributed by atoms with Crippen molar-refractivity contribution in [3.8, 4) is 0 Å². The molecule has 0 bridgehead atoms. The average molecular weight is 289 g/mol. The molecule has 1 heterocycles. The maximum Gasteiger partial charge on any atom is 0.0855 e. The second kappa shape index (κ2) is 5.49. The maximum absolute atomic E-state index is 12.5. The number of fused-ring (bicyclic) bond motifs is 2. The summed E-state index contributed by atoms with van der Waals surface area (Å²) in [5.74, 6) is 0.915. The van der Waals surface area contributed by atoms with Gasteiger partial charge < -0.3 is 5.73 Å². The molecular weight excluding hydrogens is 274 g/mol. The van der Waals surface area contributed by atoms with E-state index < -0.39 is 10.8 Å². The van der Waals surface area contributed by atoms with E-state index in [0.717, 1.165) is 22.0 Å². The van der Waals surface area contributed by atoms with Gasteiger partial charge in [0, 0.05) is 27.0 Å². The van der Waals surface area contributed by atoms with E-state index in [4.69, 9.17) is 5.73 Å². The Bertz CT molecular complexity index is 640. The molecule has 0 aliphatic carbocycles. The van der Waals surface area contributed by atoms with Gasteiger partial charge in [0.2, 0.25) is 0 Å². The van der Waals surface area contributed by atoms with Crippen molar-refractivity contribution in [2.45, 2.75) is 21.1 Å². The largest absolute Gasteiger partial charge is 0.330 e. The fourth-order valence-electron chi connectivity index (χ4n) is 2.30. The third-order valence-electron chi connectivity index (χ3n) is 3.17. The molecule has 1 aliphatic rings. The van der Waals surface area contributed by atoms with Crippen LogP contribution in [0.15, 0.2) is 57.2 Å². The highest BCUT2D eigenvalue weighted by Crippen LogP contribution is 2.33. The van der Waals surface area contributed by atoms with Crippen LogP contribution in [0.3, 0.4) is 0 Å². The lowest BCUT2D eigenvalue weighted by atomic mass is 10.0.